The van der Waals surface area contributed by atoms with E-state index in [-0.39, 0.29) is 16.6 Å². The number of hydrogen-bond donors (Lipinski definition) is 2. The van der Waals surface area contributed by atoms with Gasteiger partial charge in [-0.3, -0.25) is 0 Å². The van der Waals surface area contributed by atoms with Crippen molar-refractivity contribution in [3.05, 3.63) is 59.7 Å². The second-order valence-corrected chi connectivity index (χ2v) is 3.78. The second kappa shape index (κ2) is 5.79. The van der Waals surface area contributed by atoms with Crippen LogP contribution >= 0.6 is 0 Å². The third-order valence-electron chi connectivity index (χ3n) is 2.53. The molecule has 0 atom stereocenters. The Hall–Kier alpha value is -2.66. The van der Waals surface area contributed by atoms with E-state index >= 15 is 0 Å². The summed E-state index contributed by atoms with van der Waals surface area (Å²) < 4.78 is 0. The average molecular weight is 260 g/mol. The van der Waals surface area contributed by atoms with Crippen LogP contribution in [-0.2, 0) is 0 Å². The van der Waals surface area contributed by atoms with Gasteiger partial charge in [0.2, 0.25) is 0 Å². The van der Waals surface area contributed by atoms with Gasteiger partial charge in [0.05, 0.1) is 11.1 Å². The van der Waals surface area contributed by atoms with E-state index in [0.29, 0.717) is 5.56 Å². The first-order valence-electron chi connectivity index (χ1n) is 5.25. The minimum atomic E-state index is -1.14. The zero-order valence-corrected chi connectivity index (χ0v) is 9.83. The lowest BCUT2D eigenvalue weighted by atomic mass is 10.00. The lowest BCUT2D eigenvalue weighted by Crippen LogP contribution is -2.02. The van der Waals surface area contributed by atoms with E-state index < -0.39 is 11.9 Å². The molecule has 0 aliphatic heterocycles. The van der Waals surface area contributed by atoms with Gasteiger partial charge in [-0.2, -0.15) is 0 Å². The topological polar surface area (TPSA) is 106 Å². The number of hydrogen-bond acceptors (Lipinski definition) is 2. The molecule has 19 heavy (non-hydrogen) atoms. The summed E-state index contributed by atoms with van der Waals surface area (Å²) in [5, 5.41) is 17.9. The molecule has 0 radical (unpaired) electrons. The summed E-state index contributed by atoms with van der Waals surface area (Å²) in [5.74, 6) is -2.29. The van der Waals surface area contributed by atoms with Crippen molar-refractivity contribution in [3.63, 3.8) is 0 Å². The minimum Gasteiger partial charge on any atom is -0.478 e. The Labute approximate surface area is 109 Å². The molecule has 0 aliphatic carbocycles. The van der Waals surface area contributed by atoms with Gasteiger partial charge < -0.3 is 15.7 Å². The number of carboxylic acids is 2. The van der Waals surface area contributed by atoms with Crippen LogP contribution < -0.4 is 0 Å². The maximum absolute atomic E-state index is 11.0. The number of aromatic carboxylic acids is 2. The smallest absolute Gasteiger partial charge is 0.335 e. The molecule has 0 saturated heterocycles. The van der Waals surface area contributed by atoms with Crippen molar-refractivity contribution in [3.8, 4) is 11.1 Å². The van der Waals surface area contributed by atoms with Crippen molar-refractivity contribution >= 4 is 11.9 Å². The number of carbonyl (C=O) groups is 2. The highest BCUT2D eigenvalue weighted by molar-refractivity contribution is 5.96. The van der Waals surface area contributed by atoms with Gasteiger partial charge in [-0.15, -0.1) is 0 Å². The summed E-state index contributed by atoms with van der Waals surface area (Å²) >= 11 is 0. The van der Waals surface area contributed by atoms with Crippen molar-refractivity contribution in [2.24, 2.45) is 0 Å². The van der Waals surface area contributed by atoms with Crippen molar-refractivity contribution in [1.82, 2.24) is 0 Å². The van der Waals surface area contributed by atoms with Crippen LogP contribution in [0.15, 0.2) is 48.5 Å². The molecule has 0 aromatic heterocycles. The third-order valence-corrected chi connectivity index (χ3v) is 2.53. The lowest BCUT2D eigenvalue weighted by Gasteiger charge is -2.05. The average Bonchev–Trinajstić information content (AvgIpc) is 2.39. The van der Waals surface area contributed by atoms with E-state index in [2.05, 4.69) is 0 Å². The maximum Gasteiger partial charge on any atom is 0.335 e. The Morgan fingerprint density at radius 1 is 0.737 bits per heavy atom. The molecule has 0 bridgehead atoms. The van der Waals surface area contributed by atoms with E-state index in [1.165, 1.54) is 12.1 Å². The molecule has 2 aromatic carbocycles. The van der Waals surface area contributed by atoms with Crippen molar-refractivity contribution < 1.29 is 25.3 Å². The molecule has 2 rings (SSSR count). The molecule has 5 heteroatoms. The Balaban J connectivity index is 0.00000180. The summed E-state index contributed by atoms with van der Waals surface area (Å²) in [4.78, 5) is 21.9. The lowest BCUT2D eigenvalue weighted by molar-refractivity contribution is 0.0696. The van der Waals surface area contributed by atoms with Crippen LogP contribution in [0.5, 0.6) is 0 Å². The quantitative estimate of drug-likeness (QED) is 0.879. The molecule has 0 aliphatic rings. The Bertz CT molecular complexity index is 572. The fourth-order valence-electron chi connectivity index (χ4n) is 1.67. The summed E-state index contributed by atoms with van der Waals surface area (Å²) in [6.45, 7) is 0. The molecule has 0 saturated carbocycles. The highest BCUT2D eigenvalue weighted by Gasteiger charge is 2.11. The zero-order valence-electron chi connectivity index (χ0n) is 9.83. The van der Waals surface area contributed by atoms with Gasteiger partial charge in [-0.25, -0.2) is 9.59 Å². The normalized spacial score (nSPS) is 9.47. The SMILES string of the molecule is O.O=C(O)c1cc(C(=O)O)cc(-c2ccccc2)c1. The van der Waals surface area contributed by atoms with Crippen LogP contribution in [0.2, 0.25) is 0 Å². The summed E-state index contributed by atoms with van der Waals surface area (Å²) in [6, 6.07) is 13.1. The minimum absolute atomic E-state index is 0. The summed E-state index contributed by atoms with van der Waals surface area (Å²) in [7, 11) is 0. The van der Waals surface area contributed by atoms with Gasteiger partial charge >= 0.3 is 11.9 Å². The molecule has 0 amide bonds. The molecular formula is C14H12O5. The molecular weight excluding hydrogens is 248 g/mol. The zero-order chi connectivity index (χ0) is 13.1. The van der Waals surface area contributed by atoms with E-state index in [1.807, 2.05) is 18.2 Å². The predicted octanol–water partition coefficient (Wildman–Crippen LogP) is 1.93. The predicted molar refractivity (Wildman–Crippen MR) is 69.4 cm³/mol. The van der Waals surface area contributed by atoms with Crippen molar-refractivity contribution in [2.75, 3.05) is 0 Å². The molecule has 2 aromatic rings. The molecule has 98 valence electrons. The van der Waals surface area contributed by atoms with Crippen LogP contribution in [-0.4, -0.2) is 27.6 Å². The van der Waals surface area contributed by atoms with Gasteiger partial charge in [0, 0.05) is 0 Å². The number of carboxylic acid groups (broad SMARTS) is 2. The molecule has 5 nitrogen and oxygen atoms in total. The highest BCUT2D eigenvalue weighted by Crippen LogP contribution is 2.22. The number of rotatable bonds is 3. The standard InChI is InChI=1S/C14H10O4.H2O/c15-13(16)11-6-10(7-12(8-11)14(17)18)9-4-2-1-3-5-9;/h1-8H,(H,15,16)(H,17,18);1H2. The van der Waals surface area contributed by atoms with Gasteiger partial charge in [0.25, 0.3) is 0 Å². The fourth-order valence-corrected chi connectivity index (χ4v) is 1.67. The van der Waals surface area contributed by atoms with Crippen LogP contribution in [0, 0.1) is 0 Å². The van der Waals surface area contributed by atoms with E-state index in [9.17, 15) is 9.59 Å². The first-order chi connectivity index (χ1) is 8.58. The van der Waals surface area contributed by atoms with E-state index in [1.54, 1.807) is 12.1 Å². The number of benzene rings is 2. The Kier molecular flexibility index (Phi) is 4.39. The van der Waals surface area contributed by atoms with E-state index in [4.69, 9.17) is 10.2 Å². The van der Waals surface area contributed by atoms with Gasteiger partial charge in [-0.05, 0) is 29.3 Å². The van der Waals surface area contributed by atoms with Gasteiger partial charge in [-0.1, -0.05) is 30.3 Å². The Morgan fingerprint density at radius 3 is 1.63 bits per heavy atom. The van der Waals surface area contributed by atoms with Gasteiger partial charge in [0.15, 0.2) is 0 Å². The Morgan fingerprint density at radius 2 is 1.21 bits per heavy atom. The molecule has 0 fully saturated rings. The fraction of sp³-hybridized carbons (Fsp3) is 0. The van der Waals surface area contributed by atoms with Crippen molar-refractivity contribution in [2.45, 2.75) is 0 Å². The van der Waals surface area contributed by atoms with Crippen LogP contribution in [0.3, 0.4) is 0 Å². The summed E-state index contributed by atoms with van der Waals surface area (Å²) in [6.07, 6.45) is 0. The monoisotopic (exact) mass is 260 g/mol. The largest absolute Gasteiger partial charge is 0.478 e. The molecule has 0 spiro atoms. The maximum atomic E-state index is 11.0. The van der Waals surface area contributed by atoms with Crippen LogP contribution in [0.25, 0.3) is 11.1 Å². The first kappa shape index (κ1) is 14.4. The van der Waals surface area contributed by atoms with Crippen LogP contribution in [0.4, 0.5) is 0 Å². The van der Waals surface area contributed by atoms with E-state index in [0.717, 1.165) is 11.6 Å². The third kappa shape index (κ3) is 3.17. The first-order valence-corrected chi connectivity index (χ1v) is 5.25. The van der Waals surface area contributed by atoms with Crippen molar-refractivity contribution in [1.29, 1.82) is 0 Å². The van der Waals surface area contributed by atoms with Gasteiger partial charge in [0.1, 0.15) is 0 Å². The molecule has 0 unspecified atom stereocenters. The molecule has 4 N–H and O–H groups in total. The highest BCUT2D eigenvalue weighted by atomic mass is 16.4. The molecule has 0 heterocycles. The van der Waals surface area contributed by atoms with Crippen LogP contribution in [0.1, 0.15) is 20.7 Å². The summed E-state index contributed by atoms with van der Waals surface area (Å²) in [5.41, 5.74) is 1.29. The second-order valence-electron chi connectivity index (χ2n) is 3.78.